The highest BCUT2D eigenvalue weighted by atomic mass is 16.5. The summed E-state index contributed by atoms with van der Waals surface area (Å²) >= 11 is 0. The standard InChI is InChI=1S/C17H21N3O3/c1-12(14-8-6-5-7-9-14)19(3)16(21)11-23-17(22)15-10-18-20(4)13(15)2/h5-10,12H,11H2,1-4H3/t12-/m0/s1. The van der Waals surface area contributed by atoms with Gasteiger partial charge in [0.25, 0.3) is 5.91 Å². The number of rotatable bonds is 5. The van der Waals surface area contributed by atoms with Crippen molar-refractivity contribution in [2.24, 2.45) is 7.05 Å². The van der Waals surface area contributed by atoms with Crippen LogP contribution in [0, 0.1) is 6.92 Å². The van der Waals surface area contributed by atoms with Gasteiger partial charge >= 0.3 is 5.97 Å². The predicted molar refractivity (Wildman–Crippen MR) is 85.9 cm³/mol. The van der Waals surface area contributed by atoms with Crippen LogP contribution in [0.1, 0.15) is 34.6 Å². The van der Waals surface area contributed by atoms with Crippen molar-refractivity contribution in [3.8, 4) is 0 Å². The fourth-order valence-electron chi connectivity index (χ4n) is 2.18. The number of carbonyl (C=O) groups excluding carboxylic acids is 2. The van der Waals surface area contributed by atoms with Gasteiger partial charge in [0.2, 0.25) is 0 Å². The maximum atomic E-state index is 12.2. The van der Waals surface area contributed by atoms with Gasteiger partial charge in [-0.25, -0.2) is 4.79 Å². The van der Waals surface area contributed by atoms with Gasteiger partial charge in [0.05, 0.1) is 12.2 Å². The summed E-state index contributed by atoms with van der Waals surface area (Å²) in [7, 11) is 3.44. The van der Waals surface area contributed by atoms with Crippen LogP contribution >= 0.6 is 0 Å². The van der Waals surface area contributed by atoms with E-state index < -0.39 is 5.97 Å². The molecule has 0 saturated carbocycles. The molecule has 1 aromatic carbocycles. The summed E-state index contributed by atoms with van der Waals surface area (Å²) in [5, 5.41) is 3.99. The quantitative estimate of drug-likeness (QED) is 0.793. The zero-order valence-electron chi connectivity index (χ0n) is 13.8. The predicted octanol–water partition coefficient (Wildman–Crippen LogP) is 2.10. The summed E-state index contributed by atoms with van der Waals surface area (Å²) < 4.78 is 6.69. The van der Waals surface area contributed by atoms with Gasteiger partial charge in [0.15, 0.2) is 6.61 Å². The van der Waals surface area contributed by atoms with Gasteiger partial charge in [-0.05, 0) is 19.4 Å². The SMILES string of the molecule is Cc1c(C(=O)OCC(=O)N(C)[C@@H](C)c2ccccc2)cnn1C. The number of aromatic nitrogens is 2. The molecule has 2 aromatic rings. The molecule has 0 radical (unpaired) electrons. The third-order valence-corrected chi connectivity index (χ3v) is 4.04. The Bertz CT molecular complexity index is 694. The van der Waals surface area contributed by atoms with E-state index in [-0.39, 0.29) is 18.6 Å². The molecule has 0 spiro atoms. The van der Waals surface area contributed by atoms with E-state index in [1.165, 1.54) is 6.20 Å². The highest BCUT2D eigenvalue weighted by Gasteiger charge is 2.20. The number of hydrogen-bond acceptors (Lipinski definition) is 4. The lowest BCUT2D eigenvalue weighted by molar-refractivity contribution is -0.135. The van der Waals surface area contributed by atoms with Gasteiger partial charge < -0.3 is 9.64 Å². The monoisotopic (exact) mass is 315 g/mol. The maximum absolute atomic E-state index is 12.2. The summed E-state index contributed by atoms with van der Waals surface area (Å²) in [6.07, 6.45) is 1.44. The molecule has 122 valence electrons. The van der Waals surface area contributed by atoms with Crippen molar-refractivity contribution in [2.45, 2.75) is 19.9 Å². The van der Waals surface area contributed by atoms with Crippen molar-refractivity contribution in [2.75, 3.05) is 13.7 Å². The average Bonchev–Trinajstić information content (AvgIpc) is 2.91. The van der Waals surface area contributed by atoms with Gasteiger partial charge in [-0.2, -0.15) is 5.10 Å². The van der Waals surface area contributed by atoms with Crippen LogP contribution in [0.25, 0.3) is 0 Å². The zero-order valence-corrected chi connectivity index (χ0v) is 13.8. The molecular formula is C17H21N3O3. The molecule has 2 rings (SSSR count). The molecule has 0 unspecified atom stereocenters. The summed E-state index contributed by atoms with van der Waals surface area (Å²) in [5.41, 5.74) is 2.10. The number of ether oxygens (including phenoxy) is 1. The lowest BCUT2D eigenvalue weighted by Gasteiger charge is -2.25. The molecule has 0 saturated heterocycles. The first-order valence-corrected chi connectivity index (χ1v) is 7.38. The number of hydrogen-bond donors (Lipinski definition) is 0. The Labute approximate surface area is 135 Å². The lowest BCUT2D eigenvalue weighted by atomic mass is 10.1. The molecule has 0 aliphatic rings. The number of benzene rings is 1. The Morgan fingerprint density at radius 3 is 2.52 bits per heavy atom. The topological polar surface area (TPSA) is 64.4 Å². The lowest BCUT2D eigenvalue weighted by Crippen LogP contribution is -2.33. The second-order valence-corrected chi connectivity index (χ2v) is 5.43. The zero-order chi connectivity index (χ0) is 17.0. The molecule has 6 nitrogen and oxygen atoms in total. The number of carbonyl (C=O) groups is 2. The van der Waals surface area contributed by atoms with E-state index >= 15 is 0 Å². The van der Waals surface area contributed by atoms with Gasteiger partial charge in [-0.15, -0.1) is 0 Å². The molecule has 1 heterocycles. The van der Waals surface area contributed by atoms with Gasteiger partial charge in [0, 0.05) is 19.8 Å². The average molecular weight is 315 g/mol. The Morgan fingerprint density at radius 1 is 1.30 bits per heavy atom. The first kappa shape index (κ1) is 16.7. The van der Waals surface area contributed by atoms with Crippen LogP contribution in [0.5, 0.6) is 0 Å². The van der Waals surface area contributed by atoms with E-state index in [1.54, 1.807) is 30.6 Å². The van der Waals surface area contributed by atoms with Crippen LogP contribution in [0.4, 0.5) is 0 Å². The third-order valence-electron chi connectivity index (χ3n) is 4.04. The van der Waals surface area contributed by atoms with Gasteiger partial charge in [-0.1, -0.05) is 30.3 Å². The molecule has 0 bridgehead atoms. The number of esters is 1. The smallest absolute Gasteiger partial charge is 0.342 e. The molecule has 23 heavy (non-hydrogen) atoms. The normalized spacial score (nSPS) is 11.8. The van der Waals surface area contributed by atoms with E-state index in [1.807, 2.05) is 37.3 Å². The Morgan fingerprint density at radius 2 is 1.96 bits per heavy atom. The highest BCUT2D eigenvalue weighted by Crippen LogP contribution is 2.18. The van der Waals surface area contributed by atoms with Crippen LogP contribution in [0.15, 0.2) is 36.5 Å². The Balaban J connectivity index is 1.94. The molecule has 1 aromatic heterocycles. The molecule has 0 aliphatic heterocycles. The second kappa shape index (κ2) is 7.09. The largest absolute Gasteiger partial charge is 0.452 e. The van der Waals surface area contributed by atoms with Crippen LogP contribution in [-0.4, -0.2) is 40.2 Å². The van der Waals surface area contributed by atoms with Gasteiger partial charge in [0.1, 0.15) is 5.56 Å². The number of nitrogens with zero attached hydrogens (tertiary/aromatic N) is 3. The number of aryl methyl sites for hydroxylation is 1. The van der Waals surface area contributed by atoms with Crippen molar-refractivity contribution in [1.29, 1.82) is 0 Å². The van der Waals surface area contributed by atoms with Crippen molar-refractivity contribution >= 4 is 11.9 Å². The van der Waals surface area contributed by atoms with E-state index in [4.69, 9.17) is 4.74 Å². The number of likely N-dealkylation sites (N-methyl/N-ethyl adjacent to an activating group) is 1. The summed E-state index contributed by atoms with van der Waals surface area (Å²) in [6.45, 7) is 3.41. The van der Waals surface area contributed by atoms with Crippen LogP contribution in [-0.2, 0) is 16.6 Å². The molecule has 1 amide bonds. The summed E-state index contributed by atoms with van der Waals surface area (Å²) in [4.78, 5) is 25.8. The van der Waals surface area contributed by atoms with E-state index in [0.717, 1.165) is 5.56 Å². The van der Waals surface area contributed by atoms with Crippen molar-refractivity contribution in [1.82, 2.24) is 14.7 Å². The minimum absolute atomic E-state index is 0.0949. The van der Waals surface area contributed by atoms with E-state index in [2.05, 4.69) is 5.10 Å². The van der Waals surface area contributed by atoms with E-state index in [0.29, 0.717) is 11.3 Å². The van der Waals surface area contributed by atoms with Crippen LogP contribution in [0.2, 0.25) is 0 Å². The fraction of sp³-hybridized carbons (Fsp3) is 0.353. The van der Waals surface area contributed by atoms with Crippen molar-refractivity contribution < 1.29 is 14.3 Å². The van der Waals surface area contributed by atoms with Crippen LogP contribution in [0.3, 0.4) is 0 Å². The molecular weight excluding hydrogens is 294 g/mol. The first-order chi connectivity index (χ1) is 10.9. The fourth-order valence-corrected chi connectivity index (χ4v) is 2.18. The molecule has 1 atom stereocenters. The molecule has 0 aliphatic carbocycles. The Hall–Kier alpha value is -2.63. The Kier molecular flexibility index (Phi) is 5.16. The summed E-state index contributed by atoms with van der Waals surface area (Å²) in [6, 6.07) is 9.60. The van der Waals surface area contributed by atoms with Crippen molar-refractivity contribution in [3.05, 3.63) is 53.3 Å². The number of amides is 1. The maximum Gasteiger partial charge on any atom is 0.342 e. The van der Waals surface area contributed by atoms with E-state index in [9.17, 15) is 9.59 Å². The summed E-state index contributed by atoms with van der Waals surface area (Å²) in [5.74, 6) is -0.791. The first-order valence-electron chi connectivity index (χ1n) is 7.38. The molecule has 6 heteroatoms. The molecule has 0 N–H and O–H groups in total. The van der Waals surface area contributed by atoms with Crippen molar-refractivity contribution in [3.63, 3.8) is 0 Å². The van der Waals surface area contributed by atoms with Crippen LogP contribution < -0.4 is 0 Å². The molecule has 0 fully saturated rings. The third kappa shape index (κ3) is 3.77. The highest BCUT2D eigenvalue weighted by molar-refractivity contribution is 5.92. The minimum atomic E-state index is -0.537. The minimum Gasteiger partial charge on any atom is -0.452 e. The second-order valence-electron chi connectivity index (χ2n) is 5.43. The van der Waals surface area contributed by atoms with Gasteiger partial charge in [-0.3, -0.25) is 9.48 Å².